The number of aliphatic hydroxyl groups excluding tert-OH is 1. The highest BCUT2D eigenvalue weighted by Gasteiger charge is 2.34. The highest BCUT2D eigenvalue weighted by molar-refractivity contribution is 5.80. The zero-order valence-electron chi connectivity index (χ0n) is 18.3. The number of benzene rings is 1. The molecule has 0 amide bonds. The monoisotopic (exact) mass is 398 g/mol. The van der Waals surface area contributed by atoms with Gasteiger partial charge in [-0.2, -0.15) is 0 Å². The summed E-state index contributed by atoms with van der Waals surface area (Å²) in [5.41, 5.74) is 2.78. The van der Waals surface area contributed by atoms with Crippen molar-refractivity contribution in [3.05, 3.63) is 36.0 Å². The number of fused-ring (bicyclic) bond motifs is 1. The van der Waals surface area contributed by atoms with Crippen LogP contribution in [0.3, 0.4) is 0 Å². The number of likely N-dealkylation sites (tertiary alicyclic amines) is 1. The van der Waals surface area contributed by atoms with Crippen molar-refractivity contribution in [2.75, 3.05) is 52.9 Å². The zero-order chi connectivity index (χ0) is 20.2. The normalized spacial score (nSPS) is 25.1. The van der Waals surface area contributed by atoms with Crippen LogP contribution in [0.2, 0.25) is 0 Å². The molecule has 0 saturated carbocycles. The molecule has 0 radical (unpaired) electrons. The summed E-state index contributed by atoms with van der Waals surface area (Å²) < 4.78 is 2.34. The SMILES string of the molecule is CCn1ccc2ccc(CN3CC[C@@H](N4CCN(C)CC4)[C@@H](CCCO)C3)cc21. The van der Waals surface area contributed by atoms with Gasteiger partial charge < -0.3 is 14.6 Å². The van der Waals surface area contributed by atoms with E-state index in [0.29, 0.717) is 18.6 Å². The Labute approximate surface area is 175 Å². The van der Waals surface area contributed by atoms with Gasteiger partial charge in [0.05, 0.1) is 0 Å². The third kappa shape index (κ3) is 4.85. The Hall–Kier alpha value is -1.40. The van der Waals surface area contributed by atoms with Crippen LogP contribution in [0.4, 0.5) is 0 Å². The van der Waals surface area contributed by atoms with E-state index in [-0.39, 0.29) is 0 Å². The largest absolute Gasteiger partial charge is 0.396 e. The average molecular weight is 399 g/mol. The van der Waals surface area contributed by atoms with Gasteiger partial charge in [0.25, 0.3) is 0 Å². The molecular formula is C24H38N4O. The van der Waals surface area contributed by atoms with Crippen LogP contribution in [0, 0.1) is 5.92 Å². The third-order valence-electron chi connectivity index (χ3n) is 7.10. The molecule has 160 valence electrons. The van der Waals surface area contributed by atoms with Crippen molar-refractivity contribution >= 4 is 10.9 Å². The van der Waals surface area contributed by atoms with Crippen LogP contribution in [-0.4, -0.2) is 83.3 Å². The molecule has 2 fully saturated rings. The van der Waals surface area contributed by atoms with Crippen LogP contribution >= 0.6 is 0 Å². The van der Waals surface area contributed by atoms with Crippen molar-refractivity contribution in [2.45, 2.75) is 45.3 Å². The quantitative estimate of drug-likeness (QED) is 0.778. The predicted octanol–water partition coefficient (Wildman–Crippen LogP) is 2.87. The minimum Gasteiger partial charge on any atom is -0.396 e. The highest BCUT2D eigenvalue weighted by Crippen LogP contribution is 2.28. The Bertz CT molecular complexity index is 780. The van der Waals surface area contributed by atoms with E-state index in [0.717, 1.165) is 32.5 Å². The van der Waals surface area contributed by atoms with E-state index in [2.05, 4.69) is 63.7 Å². The van der Waals surface area contributed by atoms with Gasteiger partial charge in [0.2, 0.25) is 0 Å². The second-order valence-corrected chi connectivity index (χ2v) is 9.05. The van der Waals surface area contributed by atoms with Gasteiger partial charge in [0.15, 0.2) is 0 Å². The van der Waals surface area contributed by atoms with E-state index in [9.17, 15) is 5.11 Å². The zero-order valence-corrected chi connectivity index (χ0v) is 18.3. The lowest BCUT2D eigenvalue weighted by Gasteiger charge is -2.46. The fourth-order valence-corrected chi connectivity index (χ4v) is 5.37. The molecule has 2 aliphatic heterocycles. The van der Waals surface area contributed by atoms with Gasteiger partial charge in [-0.15, -0.1) is 0 Å². The summed E-state index contributed by atoms with van der Waals surface area (Å²) in [6.07, 6.45) is 5.52. The molecule has 2 atom stereocenters. The van der Waals surface area contributed by atoms with Gasteiger partial charge >= 0.3 is 0 Å². The molecule has 2 aromatic rings. The first-order valence-corrected chi connectivity index (χ1v) is 11.5. The number of aryl methyl sites for hydroxylation is 1. The van der Waals surface area contributed by atoms with Gasteiger partial charge in [0, 0.05) is 70.2 Å². The Morgan fingerprint density at radius 2 is 1.90 bits per heavy atom. The minimum absolute atomic E-state index is 0.316. The summed E-state index contributed by atoms with van der Waals surface area (Å²) in [5, 5.41) is 10.8. The lowest BCUT2D eigenvalue weighted by Crippen LogP contribution is -2.56. The van der Waals surface area contributed by atoms with E-state index >= 15 is 0 Å². The van der Waals surface area contributed by atoms with Crippen LogP contribution in [0.25, 0.3) is 10.9 Å². The lowest BCUT2D eigenvalue weighted by atomic mass is 9.86. The number of nitrogens with zero attached hydrogens (tertiary/aromatic N) is 4. The molecule has 0 aliphatic carbocycles. The molecule has 2 aliphatic rings. The first-order valence-electron chi connectivity index (χ1n) is 11.5. The van der Waals surface area contributed by atoms with E-state index in [4.69, 9.17) is 0 Å². The molecule has 29 heavy (non-hydrogen) atoms. The van der Waals surface area contributed by atoms with Crippen molar-refractivity contribution < 1.29 is 5.11 Å². The van der Waals surface area contributed by atoms with E-state index in [1.54, 1.807) is 0 Å². The maximum absolute atomic E-state index is 9.42. The number of aliphatic hydroxyl groups is 1. The highest BCUT2D eigenvalue weighted by atomic mass is 16.2. The fraction of sp³-hybridized carbons (Fsp3) is 0.667. The summed E-state index contributed by atoms with van der Waals surface area (Å²) in [5.74, 6) is 0.669. The Morgan fingerprint density at radius 3 is 2.66 bits per heavy atom. The summed E-state index contributed by atoms with van der Waals surface area (Å²) in [6.45, 7) is 11.7. The lowest BCUT2D eigenvalue weighted by molar-refractivity contribution is 0.0212. The van der Waals surface area contributed by atoms with E-state index in [1.807, 2.05) is 0 Å². The van der Waals surface area contributed by atoms with Crippen LogP contribution < -0.4 is 0 Å². The summed E-state index contributed by atoms with van der Waals surface area (Å²) in [6, 6.07) is 9.86. The van der Waals surface area contributed by atoms with Crippen molar-refractivity contribution in [3.63, 3.8) is 0 Å². The van der Waals surface area contributed by atoms with Gasteiger partial charge in [-0.05, 0) is 68.8 Å². The van der Waals surface area contributed by atoms with Crippen LogP contribution in [0.5, 0.6) is 0 Å². The van der Waals surface area contributed by atoms with Crippen LogP contribution in [-0.2, 0) is 13.1 Å². The Kier molecular flexibility index (Phi) is 6.91. The maximum atomic E-state index is 9.42. The van der Waals surface area contributed by atoms with Crippen molar-refractivity contribution in [3.8, 4) is 0 Å². The molecule has 1 aromatic heterocycles. The average Bonchev–Trinajstić information content (AvgIpc) is 3.15. The number of piperazine rings is 1. The first kappa shape index (κ1) is 20.9. The minimum atomic E-state index is 0.316. The van der Waals surface area contributed by atoms with Gasteiger partial charge in [-0.25, -0.2) is 0 Å². The number of piperidine rings is 1. The smallest absolute Gasteiger partial charge is 0.0483 e. The van der Waals surface area contributed by atoms with Gasteiger partial charge in [0.1, 0.15) is 0 Å². The predicted molar refractivity (Wildman–Crippen MR) is 120 cm³/mol. The molecular weight excluding hydrogens is 360 g/mol. The van der Waals surface area contributed by atoms with Crippen LogP contribution in [0.1, 0.15) is 31.7 Å². The van der Waals surface area contributed by atoms with E-state index < -0.39 is 0 Å². The number of likely N-dealkylation sites (N-methyl/N-ethyl adjacent to an activating group) is 1. The first-order chi connectivity index (χ1) is 14.2. The molecule has 1 N–H and O–H groups in total. The van der Waals surface area contributed by atoms with Crippen molar-refractivity contribution in [1.82, 2.24) is 19.3 Å². The number of rotatable bonds is 7. The maximum Gasteiger partial charge on any atom is 0.0483 e. The second kappa shape index (κ2) is 9.61. The molecule has 3 heterocycles. The topological polar surface area (TPSA) is 34.9 Å². The van der Waals surface area contributed by atoms with E-state index in [1.165, 1.54) is 55.6 Å². The number of hydrogen-bond acceptors (Lipinski definition) is 4. The number of aromatic nitrogens is 1. The van der Waals surface area contributed by atoms with Gasteiger partial charge in [-0.1, -0.05) is 12.1 Å². The molecule has 2 saturated heterocycles. The molecule has 5 heteroatoms. The Balaban J connectivity index is 1.43. The third-order valence-corrected chi connectivity index (χ3v) is 7.10. The summed E-state index contributed by atoms with van der Waals surface area (Å²) >= 11 is 0. The molecule has 0 bridgehead atoms. The van der Waals surface area contributed by atoms with Crippen LogP contribution in [0.15, 0.2) is 30.5 Å². The Morgan fingerprint density at radius 1 is 1.07 bits per heavy atom. The molecule has 5 nitrogen and oxygen atoms in total. The molecule has 4 rings (SSSR count). The van der Waals surface area contributed by atoms with Gasteiger partial charge in [-0.3, -0.25) is 9.80 Å². The second-order valence-electron chi connectivity index (χ2n) is 9.05. The van der Waals surface area contributed by atoms with Crippen molar-refractivity contribution in [2.24, 2.45) is 5.92 Å². The summed E-state index contributed by atoms with van der Waals surface area (Å²) in [7, 11) is 2.23. The fourth-order valence-electron chi connectivity index (χ4n) is 5.37. The summed E-state index contributed by atoms with van der Waals surface area (Å²) in [4.78, 5) is 7.82. The number of hydrogen-bond donors (Lipinski definition) is 1. The molecule has 1 aromatic carbocycles. The molecule has 0 spiro atoms. The standard InChI is InChI=1S/C24H38N4O/c1-3-27-11-8-21-7-6-20(17-24(21)27)18-26-10-9-23(22(19-26)5-4-16-29)28-14-12-25(2)13-15-28/h6-8,11,17,22-23,29H,3-5,9-10,12-16,18-19H2,1-2H3/t22-,23+/m0/s1. The molecule has 0 unspecified atom stereocenters. The van der Waals surface area contributed by atoms with Crippen molar-refractivity contribution in [1.29, 1.82) is 0 Å².